The normalized spacial score (nSPS) is 14.1. The first-order valence-electron chi connectivity index (χ1n) is 15.5. The minimum atomic E-state index is -1.31. The Balaban J connectivity index is 1.50. The number of carboxylic acid groups (broad SMARTS) is 1. The van der Waals surface area contributed by atoms with Crippen LogP contribution in [0.4, 0.5) is 0 Å². The van der Waals surface area contributed by atoms with E-state index in [0.29, 0.717) is 5.56 Å². The standard InChI is InChI=1S/C35H40N6O7/c1-20(36)31(43)39-29(18-24-19-37-27-11-7-6-10-26(24)27)34(46)40-28(16-22-8-4-3-5-9-22)33(45)38-21(2)32(44)41-30(35(47)48)17-23-12-14-25(42)15-13-23/h3-15,19-21,28-30,37,42H,16-18,36H2,1-2H3,(H,38,45)(H,39,43)(H,40,46)(H,41,44)(H,47,48)/t20-,21-,28-,29-,30-/m0/s1. The predicted octanol–water partition coefficient (Wildman–Crippen LogP) is 1.29. The van der Waals surface area contributed by atoms with Gasteiger partial charge in [0.2, 0.25) is 23.6 Å². The highest BCUT2D eigenvalue weighted by Gasteiger charge is 2.31. The monoisotopic (exact) mass is 656 g/mol. The van der Waals surface area contributed by atoms with Gasteiger partial charge < -0.3 is 42.2 Å². The van der Waals surface area contributed by atoms with Crippen LogP contribution in [0.1, 0.15) is 30.5 Å². The Labute approximate surface area is 277 Å². The van der Waals surface area contributed by atoms with Crippen molar-refractivity contribution in [2.75, 3.05) is 0 Å². The summed E-state index contributed by atoms with van der Waals surface area (Å²) in [5.41, 5.74) is 8.70. The first-order chi connectivity index (χ1) is 22.9. The van der Waals surface area contributed by atoms with Crippen molar-refractivity contribution in [3.8, 4) is 5.75 Å². The maximum atomic E-state index is 13.8. The highest BCUT2D eigenvalue weighted by molar-refractivity contribution is 5.96. The van der Waals surface area contributed by atoms with E-state index in [4.69, 9.17) is 5.73 Å². The molecule has 13 nitrogen and oxygen atoms in total. The molecule has 13 heteroatoms. The number of nitrogens with two attached hydrogens (primary N) is 1. The molecule has 4 amide bonds. The van der Waals surface area contributed by atoms with Crippen LogP contribution in [0.5, 0.6) is 5.75 Å². The lowest BCUT2D eigenvalue weighted by atomic mass is 10.0. The molecule has 3 aromatic carbocycles. The molecule has 0 aliphatic carbocycles. The van der Waals surface area contributed by atoms with E-state index < -0.39 is 59.8 Å². The second-order valence-corrected chi connectivity index (χ2v) is 11.7. The number of hydrogen-bond acceptors (Lipinski definition) is 7. The minimum absolute atomic E-state index is 0.0174. The first-order valence-corrected chi connectivity index (χ1v) is 15.5. The number of rotatable bonds is 15. The summed E-state index contributed by atoms with van der Waals surface area (Å²) >= 11 is 0. The number of aromatic amines is 1. The van der Waals surface area contributed by atoms with Crippen LogP contribution >= 0.6 is 0 Å². The van der Waals surface area contributed by atoms with Gasteiger partial charge in [-0.3, -0.25) is 19.2 Å². The number of aliphatic carboxylic acids is 1. The van der Waals surface area contributed by atoms with Gasteiger partial charge in [0.1, 0.15) is 29.9 Å². The summed E-state index contributed by atoms with van der Waals surface area (Å²) < 4.78 is 0. The van der Waals surface area contributed by atoms with Crippen LogP contribution in [0.2, 0.25) is 0 Å². The van der Waals surface area contributed by atoms with E-state index in [1.807, 2.05) is 24.3 Å². The van der Waals surface area contributed by atoms with Gasteiger partial charge >= 0.3 is 5.97 Å². The van der Waals surface area contributed by atoms with E-state index in [-0.39, 0.29) is 25.0 Å². The topological polar surface area (TPSA) is 216 Å². The molecule has 5 atom stereocenters. The number of fused-ring (bicyclic) bond motifs is 1. The number of phenolic OH excluding ortho intramolecular Hbond substituents is 1. The molecule has 4 rings (SSSR count). The number of benzene rings is 3. The second-order valence-electron chi connectivity index (χ2n) is 11.7. The third-order valence-electron chi connectivity index (χ3n) is 7.80. The molecule has 0 spiro atoms. The molecule has 252 valence electrons. The fourth-order valence-corrected chi connectivity index (χ4v) is 5.11. The van der Waals surface area contributed by atoms with Crippen molar-refractivity contribution in [1.29, 1.82) is 0 Å². The van der Waals surface area contributed by atoms with E-state index >= 15 is 0 Å². The molecule has 1 aromatic heterocycles. The quantitative estimate of drug-likeness (QED) is 0.0931. The predicted molar refractivity (Wildman–Crippen MR) is 179 cm³/mol. The highest BCUT2D eigenvalue weighted by atomic mass is 16.4. The number of aromatic nitrogens is 1. The summed E-state index contributed by atoms with van der Waals surface area (Å²) in [6, 6.07) is 16.7. The zero-order valence-corrected chi connectivity index (χ0v) is 26.6. The Morgan fingerprint density at radius 2 is 1.21 bits per heavy atom. The van der Waals surface area contributed by atoms with Crippen LogP contribution in [0.25, 0.3) is 10.9 Å². The van der Waals surface area contributed by atoms with Gasteiger partial charge in [0.25, 0.3) is 0 Å². The zero-order chi connectivity index (χ0) is 34.8. The maximum Gasteiger partial charge on any atom is 0.326 e. The third-order valence-corrected chi connectivity index (χ3v) is 7.80. The largest absolute Gasteiger partial charge is 0.508 e. The molecule has 4 aromatic rings. The van der Waals surface area contributed by atoms with E-state index in [0.717, 1.165) is 22.0 Å². The van der Waals surface area contributed by atoms with Crippen molar-refractivity contribution in [2.24, 2.45) is 5.73 Å². The van der Waals surface area contributed by atoms with Gasteiger partial charge in [-0.05, 0) is 48.7 Å². The van der Waals surface area contributed by atoms with Crippen molar-refractivity contribution in [1.82, 2.24) is 26.3 Å². The van der Waals surface area contributed by atoms with Crippen LogP contribution in [0.3, 0.4) is 0 Å². The van der Waals surface area contributed by atoms with Crippen LogP contribution in [-0.2, 0) is 43.2 Å². The van der Waals surface area contributed by atoms with Crippen LogP contribution in [0.15, 0.2) is 85.1 Å². The van der Waals surface area contributed by atoms with Gasteiger partial charge in [-0.2, -0.15) is 0 Å². The van der Waals surface area contributed by atoms with Crippen molar-refractivity contribution >= 4 is 40.5 Å². The molecule has 48 heavy (non-hydrogen) atoms. The molecule has 0 aliphatic heterocycles. The molecule has 1 heterocycles. The van der Waals surface area contributed by atoms with Crippen molar-refractivity contribution < 1.29 is 34.2 Å². The summed E-state index contributed by atoms with van der Waals surface area (Å²) in [5.74, 6) is -3.89. The molecule has 0 radical (unpaired) electrons. The fraction of sp³-hybridized carbons (Fsp3) is 0.286. The Morgan fingerprint density at radius 3 is 1.88 bits per heavy atom. The van der Waals surface area contributed by atoms with Crippen LogP contribution in [0, 0.1) is 0 Å². The van der Waals surface area contributed by atoms with E-state index in [9.17, 15) is 34.2 Å². The second kappa shape index (κ2) is 16.2. The number of hydrogen-bond donors (Lipinski definition) is 8. The van der Waals surface area contributed by atoms with Crippen molar-refractivity contribution in [3.05, 3.63) is 102 Å². The Kier molecular flexibility index (Phi) is 11.9. The third kappa shape index (κ3) is 9.66. The highest BCUT2D eigenvalue weighted by Crippen LogP contribution is 2.19. The number of aromatic hydroxyl groups is 1. The first kappa shape index (κ1) is 35.2. The molecular weight excluding hydrogens is 616 g/mol. The number of phenols is 1. The Bertz CT molecular complexity index is 1740. The number of amides is 4. The lowest BCUT2D eigenvalue weighted by molar-refractivity contribution is -0.142. The van der Waals surface area contributed by atoms with Gasteiger partial charge in [-0.1, -0.05) is 60.7 Å². The molecule has 0 fully saturated rings. The molecule has 9 N–H and O–H groups in total. The number of carbonyl (C=O) groups excluding carboxylic acids is 4. The van der Waals surface area contributed by atoms with E-state index in [1.165, 1.54) is 26.0 Å². The number of H-pyrrole nitrogens is 1. The van der Waals surface area contributed by atoms with Gasteiger partial charge in [-0.15, -0.1) is 0 Å². The molecule has 0 saturated heterocycles. The minimum Gasteiger partial charge on any atom is -0.508 e. The van der Waals surface area contributed by atoms with Gasteiger partial charge in [-0.25, -0.2) is 4.79 Å². The molecule has 0 unspecified atom stereocenters. The summed E-state index contributed by atoms with van der Waals surface area (Å²) in [5, 5.41) is 30.5. The number of carbonyl (C=O) groups is 5. The average molecular weight is 657 g/mol. The molecular formula is C35H40N6O7. The van der Waals surface area contributed by atoms with Gasteiger partial charge in [0, 0.05) is 36.4 Å². The number of carboxylic acids is 1. The van der Waals surface area contributed by atoms with E-state index in [1.54, 1.807) is 48.7 Å². The average Bonchev–Trinajstić information content (AvgIpc) is 3.47. The number of nitrogens with one attached hydrogen (secondary N) is 5. The van der Waals surface area contributed by atoms with Crippen LogP contribution < -0.4 is 27.0 Å². The fourth-order valence-electron chi connectivity index (χ4n) is 5.11. The Hall–Kier alpha value is -5.69. The molecule has 0 saturated carbocycles. The Morgan fingerprint density at radius 1 is 0.667 bits per heavy atom. The number of para-hydroxylation sites is 1. The van der Waals surface area contributed by atoms with E-state index in [2.05, 4.69) is 26.3 Å². The summed E-state index contributed by atoms with van der Waals surface area (Å²) in [7, 11) is 0. The summed E-state index contributed by atoms with van der Waals surface area (Å²) in [4.78, 5) is 68.2. The maximum absolute atomic E-state index is 13.8. The van der Waals surface area contributed by atoms with Crippen molar-refractivity contribution in [2.45, 2.75) is 63.3 Å². The van der Waals surface area contributed by atoms with Crippen LogP contribution in [-0.4, -0.2) is 75.0 Å². The van der Waals surface area contributed by atoms with Crippen molar-refractivity contribution in [3.63, 3.8) is 0 Å². The van der Waals surface area contributed by atoms with Gasteiger partial charge in [0.05, 0.1) is 6.04 Å². The zero-order valence-electron chi connectivity index (χ0n) is 26.6. The smallest absolute Gasteiger partial charge is 0.326 e. The SMILES string of the molecule is C[C@H](N)C(=O)N[C@@H](Cc1c[nH]c2ccccc12)C(=O)N[C@@H](Cc1ccccc1)C(=O)N[C@@H](C)C(=O)N[C@@H](Cc1ccc(O)cc1)C(=O)O. The van der Waals surface area contributed by atoms with Gasteiger partial charge in [0.15, 0.2) is 0 Å². The molecule has 0 bridgehead atoms. The summed E-state index contributed by atoms with van der Waals surface area (Å²) in [6.45, 7) is 2.89. The molecule has 0 aliphatic rings. The lowest BCUT2D eigenvalue weighted by Gasteiger charge is -2.25. The lowest BCUT2D eigenvalue weighted by Crippen LogP contribution is -2.58. The summed E-state index contributed by atoms with van der Waals surface area (Å²) in [6.07, 6.45) is 1.86.